The Kier molecular flexibility index (Phi) is 8.12. The Morgan fingerprint density at radius 1 is 1.09 bits per heavy atom. The molecule has 0 atom stereocenters. The summed E-state index contributed by atoms with van der Waals surface area (Å²) in [6.07, 6.45) is 7.05. The topological polar surface area (TPSA) is 78.3 Å². The van der Waals surface area contributed by atoms with Crippen LogP contribution < -0.4 is 14.8 Å². The van der Waals surface area contributed by atoms with Crippen LogP contribution >= 0.6 is 0 Å². The number of benzene rings is 2. The zero-order chi connectivity index (χ0) is 24.5. The summed E-state index contributed by atoms with van der Waals surface area (Å²) in [5.74, 6) is 2.20. The number of carbonyl (C=O) groups is 1. The molecule has 1 N–H and O–H groups in total. The second-order valence-corrected chi connectivity index (χ2v) is 8.00. The number of fused-ring (bicyclic) bond motifs is 1. The minimum Gasteiger partial charge on any atom is -0.493 e. The highest BCUT2D eigenvalue weighted by Gasteiger charge is 2.12. The van der Waals surface area contributed by atoms with Gasteiger partial charge in [-0.2, -0.15) is 0 Å². The number of para-hydroxylation sites is 2. The number of amides is 1. The fourth-order valence-electron chi connectivity index (χ4n) is 3.95. The van der Waals surface area contributed by atoms with E-state index in [1.165, 1.54) is 0 Å². The standard InChI is InChI=1S/C28H30N4O3/c1-3-9-21-13-14-25(26(20-21)34-2)35-19-8-18-32-24-12-5-4-10-22(24)31-27(32)15-17-30-28(33)23-11-6-7-16-29-23/h3-7,9-14,16,20H,8,15,17-19H2,1-2H3,(H,30,33)/b9-3+. The summed E-state index contributed by atoms with van der Waals surface area (Å²) in [5.41, 5.74) is 3.50. The number of nitrogens with one attached hydrogen (secondary N) is 1. The van der Waals surface area contributed by atoms with Crippen molar-refractivity contribution in [2.24, 2.45) is 0 Å². The molecule has 0 aliphatic carbocycles. The van der Waals surface area contributed by atoms with Gasteiger partial charge in [-0.3, -0.25) is 9.78 Å². The van der Waals surface area contributed by atoms with Gasteiger partial charge in [0.25, 0.3) is 5.91 Å². The van der Waals surface area contributed by atoms with Gasteiger partial charge in [0.15, 0.2) is 11.5 Å². The van der Waals surface area contributed by atoms with E-state index >= 15 is 0 Å². The number of methoxy groups -OCH3 is 1. The maximum absolute atomic E-state index is 12.3. The molecule has 2 aromatic heterocycles. The van der Waals surface area contributed by atoms with Gasteiger partial charge in [-0.25, -0.2) is 4.98 Å². The molecule has 7 nitrogen and oxygen atoms in total. The van der Waals surface area contributed by atoms with Gasteiger partial charge in [-0.1, -0.05) is 36.4 Å². The highest BCUT2D eigenvalue weighted by atomic mass is 16.5. The van der Waals surface area contributed by atoms with E-state index in [1.54, 1.807) is 31.5 Å². The van der Waals surface area contributed by atoms with Gasteiger partial charge in [0.1, 0.15) is 11.5 Å². The van der Waals surface area contributed by atoms with E-state index in [0.717, 1.165) is 46.9 Å². The largest absolute Gasteiger partial charge is 0.493 e. The molecule has 0 saturated carbocycles. The summed E-state index contributed by atoms with van der Waals surface area (Å²) in [5, 5.41) is 2.94. The minimum atomic E-state index is -0.184. The number of rotatable bonds is 11. The van der Waals surface area contributed by atoms with Crippen LogP contribution in [-0.2, 0) is 13.0 Å². The molecule has 1 amide bonds. The predicted molar refractivity (Wildman–Crippen MR) is 138 cm³/mol. The van der Waals surface area contributed by atoms with Crippen molar-refractivity contribution in [2.45, 2.75) is 26.3 Å². The number of allylic oxidation sites excluding steroid dienone is 1. The van der Waals surface area contributed by atoms with Crippen molar-refractivity contribution in [1.29, 1.82) is 0 Å². The van der Waals surface area contributed by atoms with Crippen LogP contribution in [0.4, 0.5) is 0 Å². The second kappa shape index (κ2) is 11.8. The van der Waals surface area contributed by atoms with Gasteiger partial charge < -0.3 is 19.4 Å². The smallest absolute Gasteiger partial charge is 0.269 e. The van der Waals surface area contributed by atoms with E-state index in [9.17, 15) is 4.79 Å². The number of carbonyl (C=O) groups excluding carboxylic acids is 1. The SMILES string of the molecule is C/C=C/c1ccc(OCCCn2c(CCNC(=O)c3ccccn3)nc3ccccc32)c(OC)c1. The molecule has 0 radical (unpaired) electrons. The molecular weight excluding hydrogens is 440 g/mol. The van der Waals surface area contributed by atoms with Crippen molar-refractivity contribution in [2.75, 3.05) is 20.3 Å². The number of aryl methyl sites for hydroxylation is 1. The molecule has 0 spiro atoms. The normalized spacial score (nSPS) is 11.1. The number of ether oxygens (including phenoxy) is 2. The van der Waals surface area contributed by atoms with Crippen molar-refractivity contribution in [3.05, 3.63) is 90.0 Å². The Balaban J connectivity index is 1.38. The number of aromatic nitrogens is 3. The third-order valence-corrected chi connectivity index (χ3v) is 5.60. The zero-order valence-corrected chi connectivity index (χ0v) is 20.1. The molecule has 35 heavy (non-hydrogen) atoms. The third kappa shape index (κ3) is 6.06. The van der Waals surface area contributed by atoms with E-state index in [2.05, 4.69) is 20.9 Å². The Morgan fingerprint density at radius 3 is 2.74 bits per heavy atom. The fourth-order valence-corrected chi connectivity index (χ4v) is 3.95. The molecule has 4 aromatic rings. The maximum atomic E-state index is 12.3. The number of hydrogen-bond donors (Lipinski definition) is 1. The summed E-state index contributed by atoms with van der Waals surface area (Å²) in [6, 6.07) is 19.3. The summed E-state index contributed by atoms with van der Waals surface area (Å²) in [4.78, 5) is 21.2. The summed E-state index contributed by atoms with van der Waals surface area (Å²) >= 11 is 0. The van der Waals surface area contributed by atoms with E-state index in [-0.39, 0.29) is 5.91 Å². The molecule has 7 heteroatoms. The quantitative estimate of drug-likeness (QED) is 0.315. The van der Waals surface area contributed by atoms with E-state index in [0.29, 0.717) is 25.3 Å². The minimum absolute atomic E-state index is 0.184. The molecule has 2 aromatic carbocycles. The fraction of sp³-hybridized carbons (Fsp3) is 0.250. The predicted octanol–water partition coefficient (Wildman–Crippen LogP) is 4.91. The lowest BCUT2D eigenvalue weighted by molar-refractivity contribution is 0.0949. The Labute approximate surface area is 205 Å². The molecule has 0 saturated heterocycles. The van der Waals surface area contributed by atoms with Gasteiger partial charge in [0.05, 0.1) is 24.8 Å². The summed E-state index contributed by atoms with van der Waals surface area (Å²) < 4.78 is 13.7. The van der Waals surface area contributed by atoms with Crippen LogP contribution in [0, 0.1) is 0 Å². The first-order valence-corrected chi connectivity index (χ1v) is 11.8. The lowest BCUT2D eigenvalue weighted by Crippen LogP contribution is -2.27. The lowest BCUT2D eigenvalue weighted by atomic mass is 10.2. The van der Waals surface area contributed by atoms with Crippen molar-refractivity contribution in [1.82, 2.24) is 19.9 Å². The molecule has 4 rings (SSSR count). The highest BCUT2D eigenvalue weighted by Crippen LogP contribution is 2.29. The van der Waals surface area contributed by atoms with Crippen molar-refractivity contribution < 1.29 is 14.3 Å². The Bertz CT molecular complexity index is 1300. The van der Waals surface area contributed by atoms with Crippen molar-refractivity contribution in [3.63, 3.8) is 0 Å². The monoisotopic (exact) mass is 470 g/mol. The number of pyridine rings is 1. The molecule has 180 valence electrons. The molecular formula is C28H30N4O3. The average molecular weight is 471 g/mol. The van der Waals surface area contributed by atoms with E-state index < -0.39 is 0 Å². The number of imidazole rings is 1. The highest BCUT2D eigenvalue weighted by molar-refractivity contribution is 5.92. The van der Waals surface area contributed by atoms with Crippen LogP contribution in [-0.4, -0.2) is 40.7 Å². The molecule has 0 bridgehead atoms. The molecule has 2 heterocycles. The van der Waals surface area contributed by atoms with Crippen LogP contribution in [0.25, 0.3) is 17.1 Å². The van der Waals surface area contributed by atoms with Crippen LogP contribution in [0.5, 0.6) is 11.5 Å². The zero-order valence-electron chi connectivity index (χ0n) is 20.1. The van der Waals surface area contributed by atoms with Gasteiger partial charge in [-0.15, -0.1) is 0 Å². The molecule has 0 unspecified atom stereocenters. The van der Waals surface area contributed by atoms with Gasteiger partial charge in [-0.05, 0) is 55.3 Å². The summed E-state index contributed by atoms with van der Waals surface area (Å²) in [6.45, 7) is 3.76. The molecule has 0 fully saturated rings. The lowest BCUT2D eigenvalue weighted by Gasteiger charge is -2.13. The Morgan fingerprint density at radius 2 is 1.94 bits per heavy atom. The molecule has 0 aliphatic heterocycles. The van der Waals surface area contributed by atoms with Crippen LogP contribution in [0.1, 0.15) is 35.2 Å². The van der Waals surface area contributed by atoms with Crippen LogP contribution in [0.15, 0.2) is 72.9 Å². The average Bonchev–Trinajstić information content (AvgIpc) is 3.25. The van der Waals surface area contributed by atoms with Gasteiger partial charge in [0.2, 0.25) is 0 Å². The van der Waals surface area contributed by atoms with Crippen molar-refractivity contribution in [3.8, 4) is 11.5 Å². The first-order chi connectivity index (χ1) is 17.2. The van der Waals surface area contributed by atoms with Crippen molar-refractivity contribution >= 4 is 23.0 Å². The van der Waals surface area contributed by atoms with E-state index in [4.69, 9.17) is 14.5 Å². The second-order valence-electron chi connectivity index (χ2n) is 8.00. The number of hydrogen-bond acceptors (Lipinski definition) is 5. The Hall–Kier alpha value is -4.13. The molecule has 0 aliphatic rings. The summed E-state index contributed by atoms with van der Waals surface area (Å²) in [7, 11) is 1.65. The first kappa shape index (κ1) is 24.0. The van der Waals surface area contributed by atoms with E-state index in [1.807, 2.05) is 55.5 Å². The maximum Gasteiger partial charge on any atom is 0.269 e. The third-order valence-electron chi connectivity index (χ3n) is 5.60. The van der Waals surface area contributed by atoms with Crippen LogP contribution in [0.2, 0.25) is 0 Å². The van der Waals surface area contributed by atoms with Crippen LogP contribution in [0.3, 0.4) is 0 Å². The van der Waals surface area contributed by atoms with Gasteiger partial charge >= 0.3 is 0 Å². The van der Waals surface area contributed by atoms with Gasteiger partial charge in [0, 0.05) is 25.7 Å². The number of nitrogens with zero attached hydrogens (tertiary/aromatic N) is 3. The first-order valence-electron chi connectivity index (χ1n) is 11.8.